The van der Waals surface area contributed by atoms with Crippen LogP contribution in [0, 0.1) is 17.3 Å². The molecule has 0 unspecified atom stereocenters. The predicted octanol–water partition coefficient (Wildman–Crippen LogP) is 3.15. The molecule has 4 heteroatoms. The number of pyridine rings is 1. The van der Waals surface area contributed by atoms with Crippen molar-refractivity contribution in [2.24, 2.45) is 17.3 Å². The molecule has 0 aromatic carbocycles. The lowest BCUT2D eigenvalue weighted by atomic mass is 9.49. The Hall–Kier alpha value is -1.68. The molecule has 0 radical (unpaired) electrons. The van der Waals surface area contributed by atoms with E-state index < -0.39 is 0 Å². The number of nitrogens with zero attached hydrogens (tertiary/aromatic N) is 2. The van der Waals surface area contributed by atoms with Crippen LogP contribution in [0.5, 0.6) is 0 Å². The number of amides is 1. The van der Waals surface area contributed by atoms with Crippen LogP contribution in [0.2, 0.25) is 0 Å². The van der Waals surface area contributed by atoms with Gasteiger partial charge in [-0.3, -0.25) is 14.7 Å². The highest BCUT2D eigenvalue weighted by Gasteiger charge is 2.51. The Morgan fingerprint density at radius 3 is 2.72 bits per heavy atom. The second-order valence-electron chi connectivity index (χ2n) is 8.65. The number of allylic oxidation sites excluding steroid dienone is 1. The van der Waals surface area contributed by atoms with Gasteiger partial charge >= 0.3 is 0 Å². The second-order valence-corrected chi connectivity index (χ2v) is 8.65. The van der Waals surface area contributed by atoms with E-state index >= 15 is 0 Å². The number of hydrogen-bond donors (Lipinski definition) is 1. The van der Waals surface area contributed by atoms with Gasteiger partial charge in [0.15, 0.2) is 0 Å². The molecule has 0 spiro atoms. The fraction of sp³-hybridized carbons (Fsp3) is 0.619. The highest BCUT2D eigenvalue weighted by Crippen LogP contribution is 2.59. The summed E-state index contributed by atoms with van der Waals surface area (Å²) in [6, 6.07) is 4.48. The maximum atomic E-state index is 11.6. The molecule has 25 heavy (non-hydrogen) atoms. The van der Waals surface area contributed by atoms with Crippen molar-refractivity contribution in [3.63, 3.8) is 0 Å². The van der Waals surface area contributed by atoms with Gasteiger partial charge in [-0.15, -0.1) is 0 Å². The molecule has 3 atom stereocenters. The van der Waals surface area contributed by atoms with E-state index in [9.17, 15) is 4.79 Å². The molecule has 2 heterocycles. The minimum atomic E-state index is 0.203. The Morgan fingerprint density at radius 2 is 2.08 bits per heavy atom. The molecule has 4 nitrogen and oxygen atoms in total. The Bertz CT molecular complexity index is 667. The summed E-state index contributed by atoms with van der Waals surface area (Å²) in [5.74, 6) is 1.82. The number of carbonyl (C=O) groups is 1. The van der Waals surface area contributed by atoms with Gasteiger partial charge in [0.2, 0.25) is 5.91 Å². The Balaban J connectivity index is 1.47. The molecule has 1 aliphatic heterocycles. The van der Waals surface area contributed by atoms with Gasteiger partial charge in [0, 0.05) is 44.5 Å². The van der Waals surface area contributed by atoms with E-state index in [-0.39, 0.29) is 5.91 Å². The summed E-state index contributed by atoms with van der Waals surface area (Å²) in [6.45, 7) is 7.74. The fourth-order valence-corrected chi connectivity index (χ4v) is 4.97. The van der Waals surface area contributed by atoms with Crippen LogP contribution in [0.25, 0.3) is 0 Å². The third-order valence-corrected chi connectivity index (χ3v) is 6.71. The zero-order valence-corrected chi connectivity index (χ0v) is 15.4. The fourth-order valence-electron chi connectivity index (χ4n) is 4.97. The smallest absolute Gasteiger partial charge is 0.220 e. The van der Waals surface area contributed by atoms with Gasteiger partial charge in [0.25, 0.3) is 0 Å². The molecule has 2 fully saturated rings. The molecule has 2 bridgehead atoms. The first-order valence-electron chi connectivity index (χ1n) is 9.62. The van der Waals surface area contributed by atoms with Crippen LogP contribution in [0.15, 0.2) is 36.2 Å². The van der Waals surface area contributed by atoms with Gasteiger partial charge < -0.3 is 5.32 Å². The molecule has 1 N–H and O–H groups in total. The lowest BCUT2D eigenvalue weighted by Gasteiger charge is -2.57. The van der Waals surface area contributed by atoms with E-state index in [4.69, 9.17) is 0 Å². The number of nitrogens with one attached hydrogen (secondary N) is 1. The average Bonchev–Trinajstić information content (AvgIpc) is 3.00. The van der Waals surface area contributed by atoms with Crippen LogP contribution in [-0.2, 0) is 11.3 Å². The molecular formula is C21H29N3O. The van der Waals surface area contributed by atoms with Gasteiger partial charge in [0.05, 0.1) is 0 Å². The van der Waals surface area contributed by atoms with E-state index in [1.165, 1.54) is 18.4 Å². The molecule has 1 saturated carbocycles. The van der Waals surface area contributed by atoms with Gasteiger partial charge in [-0.25, -0.2) is 0 Å². The third kappa shape index (κ3) is 3.37. The highest BCUT2D eigenvalue weighted by atomic mass is 16.1. The standard InChI is InChI=1S/C21H29N3O/c1-21(2)17-4-3-16(19(21)11-17)13-24(12-15-7-9-22-10-8-15)14-18-5-6-20(25)23-18/h3,7-10,17-19H,4-6,11-14H2,1-2H3,(H,23,25)/t17-,18-,19-/m0/s1. The van der Waals surface area contributed by atoms with Gasteiger partial charge in [-0.1, -0.05) is 25.5 Å². The Morgan fingerprint density at radius 1 is 1.28 bits per heavy atom. The summed E-state index contributed by atoms with van der Waals surface area (Å²) in [7, 11) is 0. The summed E-state index contributed by atoms with van der Waals surface area (Å²) >= 11 is 0. The zero-order valence-electron chi connectivity index (χ0n) is 15.4. The van der Waals surface area contributed by atoms with Gasteiger partial charge in [0.1, 0.15) is 0 Å². The van der Waals surface area contributed by atoms with E-state index in [2.05, 4.69) is 47.3 Å². The maximum Gasteiger partial charge on any atom is 0.220 e. The van der Waals surface area contributed by atoms with Crippen molar-refractivity contribution in [3.05, 3.63) is 41.7 Å². The topological polar surface area (TPSA) is 45.2 Å². The summed E-state index contributed by atoms with van der Waals surface area (Å²) < 4.78 is 0. The second kappa shape index (κ2) is 6.56. The average molecular weight is 339 g/mol. The van der Waals surface area contributed by atoms with Crippen LogP contribution in [0.1, 0.15) is 45.1 Å². The number of hydrogen-bond acceptors (Lipinski definition) is 3. The van der Waals surface area contributed by atoms with Crippen molar-refractivity contribution in [1.82, 2.24) is 15.2 Å². The third-order valence-electron chi connectivity index (χ3n) is 6.71. The summed E-state index contributed by atoms with van der Waals surface area (Å²) in [5.41, 5.74) is 3.38. The van der Waals surface area contributed by atoms with Crippen molar-refractivity contribution in [2.75, 3.05) is 13.1 Å². The number of carbonyl (C=O) groups excluding carboxylic acids is 1. The first-order chi connectivity index (χ1) is 12.0. The lowest BCUT2D eigenvalue weighted by Crippen LogP contribution is -2.50. The molecule has 3 aliphatic carbocycles. The van der Waals surface area contributed by atoms with Crippen molar-refractivity contribution < 1.29 is 4.79 Å². The van der Waals surface area contributed by atoms with Crippen LogP contribution >= 0.6 is 0 Å². The number of aromatic nitrogens is 1. The van der Waals surface area contributed by atoms with E-state index in [1.54, 1.807) is 5.57 Å². The van der Waals surface area contributed by atoms with Gasteiger partial charge in [-0.05, 0) is 54.2 Å². The SMILES string of the molecule is CC1(C)[C@H]2CC=C(CN(Cc3ccncc3)C[C@@H]3CCC(=O)N3)[C@@H]1C2. The summed E-state index contributed by atoms with van der Waals surface area (Å²) in [6.07, 6.45) is 10.5. The normalized spacial score (nSPS) is 30.0. The molecule has 1 aromatic heterocycles. The monoisotopic (exact) mass is 339 g/mol. The van der Waals surface area contributed by atoms with E-state index in [0.29, 0.717) is 17.9 Å². The molecule has 1 amide bonds. The minimum Gasteiger partial charge on any atom is -0.352 e. The van der Waals surface area contributed by atoms with Crippen LogP contribution in [-0.4, -0.2) is 34.9 Å². The largest absolute Gasteiger partial charge is 0.352 e. The molecule has 1 aromatic rings. The predicted molar refractivity (Wildman–Crippen MR) is 98.8 cm³/mol. The quantitative estimate of drug-likeness (QED) is 0.810. The molecule has 134 valence electrons. The van der Waals surface area contributed by atoms with Crippen LogP contribution in [0.3, 0.4) is 0 Å². The first-order valence-corrected chi connectivity index (χ1v) is 9.62. The number of fused-ring (bicyclic) bond motifs is 1. The summed E-state index contributed by atoms with van der Waals surface area (Å²) in [5, 5.41) is 3.13. The maximum absolute atomic E-state index is 11.6. The van der Waals surface area contributed by atoms with Crippen molar-refractivity contribution in [2.45, 2.75) is 52.1 Å². The first kappa shape index (κ1) is 16.8. The van der Waals surface area contributed by atoms with E-state index in [0.717, 1.165) is 37.9 Å². The van der Waals surface area contributed by atoms with Crippen molar-refractivity contribution in [1.29, 1.82) is 0 Å². The summed E-state index contributed by atoms with van der Waals surface area (Å²) in [4.78, 5) is 18.2. The molecule has 4 aliphatic rings. The Kier molecular flexibility index (Phi) is 4.40. The molecule has 5 rings (SSSR count). The molecular weight excluding hydrogens is 310 g/mol. The number of rotatable bonds is 6. The highest BCUT2D eigenvalue weighted by molar-refractivity contribution is 5.78. The van der Waals surface area contributed by atoms with Crippen LogP contribution in [0.4, 0.5) is 0 Å². The van der Waals surface area contributed by atoms with Crippen molar-refractivity contribution >= 4 is 5.91 Å². The zero-order chi connectivity index (χ0) is 17.4. The Labute approximate surface area is 150 Å². The lowest BCUT2D eigenvalue weighted by molar-refractivity contribution is -0.119. The minimum absolute atomic E-state index is 0.203. The molecule has 1 saturated heterocycles. The van der Waals surface area contributed by atoms with E-state index in [1.807, 2.05) is 12.4 Å². The van der Waals surface area contributed by atoms with Gasteiger partial charge in [-0.2, -0.15) is 0 Å². The van der Waals surface area contributed by atoms with Crippen molar-refractivity contribution in [3.8, 4) is 0 Å². The van der Waals surface area contributed by atoms with Crippen LogP contribution < -0.4 is 5.32 Å².